The van der Waals surface area contributed by atoms with Crippen molar-refractivity contribution in [1.82, 2.24) is 0 Å². The Hall–Kier alpha value is -0.660. The smallest absolute Gasteiger partial charge is 0.133 e. The molecule has 2 nitrogen and oxygen atoms in total. The lowest BCUT2D eigenvalue weighted by atomic mass is 9.87. The molecule has 0 heterocycles. The number of rotatable bonds is 6. The molecule has 0 fully saturated rings. The van der Waals surface area contributed by atoms with Crippen molar-refractivity contribution < 1.29 is 9.59 Å². The molecule has 13 heavy (non-hydrogen) atoms. The summed E-state index contributed by atoms with van der Waals surface area (Å²) >= 11 is 0. The van der Waals surface area contributed by atoms with Crippen molar-refractivity contribution >= 4 is 11.6 Å². The highest BCUT2D eigenvalue weighted by molar-refractivity contribution is 5.86. The van der Waals surface area contributed by atoms with Gasteiger partial charge in [0.2, 0.25) is 0 Å². The maximum Gasteiger partial charge on any atom is 0.133 e. The monoisotopic (exact) mass is 184 g/mol. The fraction of sp³-hybridized carbons (Fsp3) is 0.818. The lowest BCUT2D eigenvalue weighted by molar-refractivity contribution is -0.128. The first-order valence-corrected chi connectivity index (χ1v) is 5.01. The Morgan fingerprint density at radius 2 is 1.77 bits per heavy atom. The molecule has 0 aromatic rings. The normalized spacial score (nSPS) is 13.0. The van der Waals surface area contributed by atoms with E-state index in [1.165, 1.54) is 0 Å². The predicted octanol–water partition coefficient (Wildman–Crippen LogP) is 2.61. The van der Waals surface area contributed by atoms with Crippen molar-refractivity contribution in [3.05, 3.63) is 0 Å². The third-order valence-electron chi connectivity index (χ3n) is 2.30. The molecule has 2 heteroatoms. The quantitative estimate of drug-likeness (QED) is 0.636. The Morgan fingerprint density at radius 1 is 1.23 bits per heavy atom. The lowest BCUT2D eigenvalue weighted by Gasteiger charge is -2.16. The van der Waals surface area contributed by atoms with Crippen molar-refractivity contribution in [3.63, 3.8) is 0 Å². The van der Waals surface area contributed by atoms with Gasteiger partial charge in [0.15, 0.2) is 0 Å². The van der Waals surface area contributed by atoms with Crippen LogP contribution in [0.4, 0.5) is 0 Å². The summed E-state index contributed by atoms with van der Waals surface area (Å²) in [5, 5.41) is 0. The van der Waals surface area contributed by atoms with Gasteiger partial charge < -0.3 is 0 Å². The molecule has 0 N–H and O–H groups in total. The van der Waals surface area contributed by atoms with Crippen molar-refractivity contribution in [1.29, 1.82) is 0 Å². The molecule has 0 aromatic carbocycles. The van der Waals surface area contributed by atoms with Crippen molar-refractivity contribution in [2.75, 3.05) is 0 Å². The summed E-state index contributed by atoms with van der Waals surface area (Å²) in [6.45, 7) is 7.54. The molecule has 0 rings (SSSR count). The number of Topliss-reactive ketones (excluding diaryl/α,β-unsaturated/α-hetero) is 2. The molecule has 0 aliphatic carbocycles. The van der Waals surface area contributed by atoms with Crippen molar-refractivity contribution in [3.8, 4) is 0 Å². The van der Waals surface area contributed by atoms with E-state index in [9.17, 15) is 9.59 Å². The molecule has 0 saturated carbocycles. The van der Waals surface area contributed by atoms with E-state index < -0.39 is 0 Å². The van der Waals surface area contributed by atoms with E-state index in [2.05, 4.69) is 0 Å². The van der Waals surface area contributed by atoms with Gasteiger partial charge in [-0.15, -0.1) is 0 Å². The van der Waals surface area contributed by atoms with Crippen LogP contribution in [0.5, 0.6) is 0 Å². The molecule has 0 radical (unpaired) electrons. The van der Waals surface area contributed by atoms with Crippen LogP contribution in [0, 0.1) is 11.8 Å². The van der Waals surface area contributed by atoms with Gasteiger partial charge in [-0.3, -0.25) is 9.59 Å². The molecule has 0 bridgehead atoms. The summed E-state index contributed by atoms with van der Waals surface area (Å²) in [6, 6.07) is 0. The van der Waals surface area contributed by atoms with Crippen molar-refractivity contribution in [2.45, 2.75) is 47.0 Å². The second kappa shape index (κ2) is 5.90. The van der Waals surface area contributed by atoms with Crippen LogP contribution < -0.4 is 0 Å². The fourth-order valence-electron chi connectivity index (χ4n) is 1.48. The van der Waals surface area contributed by atoms with E-state index in [0.29, 0.717) is 12.8 Å². The number of carbonyl (C=O) groups excluding carboxylic acids is 2. The van der Waals surface area contributed by atoms with Gasteiger partial charge in [-0.25, -0.2) is 0 Å². The number of ketones is 2. The third-order valence-corrected chi connectivity index (χ3v) is 2.30. The van der Waals surface area contributed by atoms with Crippen LogP contribution in [-0.4, -0.2) is 11.6 Å². The molecular formula is C11H20O2. The first-order valence-electron chi connectivity index (χ1n) is 5.01. The summed E-state index contributed by atoms with van der Waals surface area (Å²) in [7, 11) is 0. The van der Waals surface area contributed by atoms with Gasteiger partial charge in [0, 0.05) is 18.8 Å². The predicted molar refractivity (Wildman–Crippen MR) is 53.5 cm³/mol. The molecule has 76 valence electrons. The second-order valence-corrected chi connectivity index (χ2v) is 3.95. The van der Waals surface area contributed by atoms with Gasteiger partial charge in [0.1, 0.15) is 11.6 Å². The summed E-state index contributed by atoms with van der Waals surface area (Å²) in [5.74, 6) is 0.563. The zero-order valence-corrected chi connectivity index (χ0v) is 9.09. The maximum atomic E-state index is 11.3. The van der Waals surface area contributed by atoms with Crippen LogP contribution in [0.3, 0.4) is 0 Å². The molecule has 0 spiro atoms. The Bertz CT molecular complexity index is 183. The minimum Gasteiger partial charge on any atom is -0.300 e. The topological polar surface area (TPSA) is 34.1 Å². The fourth-order valence-corrected chi connectivity index (χ4v) is 1.48. The first-order chi connectivity index (χ1) is 5.99. The molecular weight excluding hydrogens is 164 g/mol. The van der Waals surface area contributed by atoms with Crippen LogP contribution >= 0.6 is 0 Å². The van der Waals surface area contributed by atoms with Gasteiger partial charge in [-0.2, -0.15) is 0 Å². The zero-order valence-electron chi connectivity index (χ0n) is 9.09. The molecule has 1 atom stereocenters. The van der Waals surface area contributed by atoms with E-state index in [4.69, 9.17) is 0 Å². The minimum atomic E-state index is -0.0703. The lowest BCUT2D eigenvalue weighted by Crippen LogP contribution is -2.21. The summed E-state index contributed by atoms with van der Waals surface area (Å²) in [5.41, 5.74) is 0. The number of hydrogen-bond acceptors (Lipinski definition) is 2. The molecule has 0 aliphatic rings. The van der Waals surface area contributed by atoms with E-state index in [1.807, 2.05) is 20.8 Å². The minimum absolute atomic E-state index is 0.0703. The Labute approximate surface area is 80.7 Å². The number of hydrogen-bond donors (Lipinski definition) is 0. The largest absolute Gasteiger partial charge is 0.300 e. The van der Waals surface area contributed by atoms with Crippen LogP contribution in [0.25, 0.3) is 0 Å². The maximum absolute atomic E-state index is 11.3. The third kappa shape index (κ3) is 4.81. The van der Waals surface area contributed by atoms with Crippen LogP contribution in [0.2, 0.25) is 0 Å². The Balaban J connectivity index is 4.10. The van der Waals surface area contributed by atoms with Crippen LogP contribution in [0.1, 0.15) is 47.0 Å². The summed E-state index contributed by atoms with van der Waals surface area (Å²) in [4.78, 5) is 22.5. The number of carbonyl (C=O) groups is 2. The zero-order chi connectivity index (χ0) is 10.4. The highest BCUT2D eigenvalue weighted by Gasteiger charge is 2.20. The average molecular weight is 184 g/mol. The molecule has 0 amide bonds. The Morgan fingerprint density at radius 3 is 2.08 bits per heavy atom. The molecule has 0 saturated heterocycles. The Kier molecular flexibility index (Phi) is 5.60. The van der Waals surface area contributed by atoms with Gasteiger partial charge in [0.25, 0.3) is 0 Å². The average Bonchev–Trinajstić information content (AvgIpc) is 1.99. The van der Waals surface area contributed by atoms with Crippen molar-refractivity contribution in [2.24, 2.45) is 11.8 Å². The van der Waals surface area contributed by atoms with Gasteiger partial charge in [-0.05, 0) is 19.3 Å². The highest BCUT2D eigenvalue weighted by Crippen LogP contribution is 2.17. The van der Waals surface area contributed by atoms with Crippen LogP contribution in [0.15, 0.2) is 0 Å². The van der Waals surface area contributed by atoms with Gasteiger partial charge in [-0.1, -0.05) is 20.8 Å². The SMILES string of the molecule is CCCC(=O)CC(C(C)=O)C(C)C. The summed E-state index contributed by atoms with van der Waals surface area (Å²) in [6.07, 6.45) is 1.92. The first kappa shape index (κ1) is 12.3. The van der Waals surface area contributed by atoms with E-state index in [1.54, 1.807) is 6.92 Å². The molecule has 0 aliphatic heterocycles. The van der Waals surface area contributed by atoms with E-state index in [-0.39, 0.29) is 23.4 Å². The van der Waals surface area contributed by atoms with E-state index >= 15 is 0 Å². The van der Waals surface area contributed by atoms with Gasteiger partial charge >= 0.3 is 0 Å². The molecule has 0 aromatic heterocycles. The second-order valence-electron chi connectivity index (χ2n) is 3.95. The summed E-state index contributed by atoms with van der Waals surface area (Å²) < 4.78 is 0. The standard InChI is InChI=1S/C11H20O2/c1-5-6-10(13)7-11(8(2)3)9(4)12/h8,11H,5-7H2,1-4H3. The van der Waals surface area contributed by atoms with Gasteiger partial charge in [0.05, 0.1) is 0 Å². The van der Waals surface area contributed by atoms with Crippen LogP contribution in [-0.2, 0) is 9.59 Å². The molecule has 1 unspecified atom stereocenters. The highest BCUT2D eigenvalue weighted by atomic mass is 16.1. The van der Waals surface area contributed by atoms with E-state index in [0.717, 1.165) is 6.42 Å².